The van der Waals surface area contributed by atoms with E-state index in [1.54, 1.807) is 0 Å². The van der Waals surface area contributed by atoms with Crippen molar-refractivity contribution in [3.05, 3.63) is 0 Å². The minimum atomic E-state index is -0.784. The Morgan fingerprint density at radius 3 is 1.12 bits per heavy atom. The van der Waals surface area contributed by atoms with Crippen LogP contribution in [0.3, 0.4) is 0 Å². The molecule has 0 saturated carbocycles. The van der Waals surface area contributed by atoms with Crippen molar-refractivity contribution in [3.8, 4) is 0 Å². The third-order valence-corrected chi connectivity index (χ3v) is 7.79. The van der Waals surface area contributed by atoms with E-state index in [4.69, 9.17) is 10.7 Å². The zero-order valence-electron chi connectivity index (χ0n) is 12.3. The van der Waals surface area contributed by atoms with E-state index in [1.807, 2.05) is 0 Å². The highest BCUT2D eigenvalue weighted by molar-refractivity contribution is 8.51. The lowest BCUT2D eigenvalue weighted by Crippen LogP contribution is -2.08. The molecule has 106 valence electrons. The molecule has 0 aliphatic heterocycles. The molecular weight excluding hydrogens is 248 g/mol. The Balaban J connectivity index is 3.95. The summed E-state index contributed by atoms with van der Waals surface area (Å²) >= 11 is 0. The average Bonchev–Trinajstić information content (AvgIpc) is 2.30. The molecule has 0 saturated heterocycles. The molecule has 0 unspecified atom stereocenters. The second-order valence-corrected chi connectivity index (χ2v) is 10.2. The molecule has 0 aromatic heterocycles. The summed E-state index contributed by atoms with van der Waals surface area (Å²) in [7, 11) is 6.15. The lowest BCUT2D eigenvalue weighted by molar-refractivity contribution is 0.753. The highest BCUT2D eigenvalue weighted by Gasteiger charge is 2.19. The van der Waals surface area contributed by atoms with Crippen LogP contribution in [0, 0.1) is 0 Å². The summed E-state index contributed by atoms with van der Waals surface area (Å²) in [4.78, 5) is 0. The van der Waals surface area contributed by atoms with Gasteiger partial charge in [0.15, 0.2) is 0 Å². The second kappa shape index (κ2) is 11.7. The minimum Gasteiger partial charge on any atom is -0.163 e. The summed E-state index contributed by atoms with van der Waals surface area (Å²) in [6.45, 7) is 6.83. The zero-order chi connectivity index (χ0) is 13.0. The van der Waals surface area contributed by atoms with Crippen molar-refractivity contribution in [1.82, 2.24) is 0 Å². The lowest BCUT2D eigenvalue weighted by atomic mass is 10.3. The Bertz CT molecular complexity index is 132. The third-order valence-electron chi connectivity index (χ3n) is 3.34. The smallest absolute Gasteiger partial charge is 0.0101 e. The second-order valence-electron chi connectivity index (χ2n) is 5.17. The van der Waals surface area contributed by atoms with Gasteiger partial charge >= 0.3 is 0 Å². The summed E-state index contributed by atoms with van der Waals surface area (Å²) in [6.07, 6.45) is 12.1. The van der Waals surface area contributed by atoms with Gasteiger partial charge in [-0.05, 0) is 36.5 Å². The maximum absolute atomic E-state index is 6.93. The Kier molecular flexibility index (Phi) is 12.2. The molecule has 0 aromatic carbocycles. The van der Waals surface area contributed by atoms with Crippen LogP contribution in [0.1, 0.15) is 78.6 Å². The predicted octanol–water partition coefficient (Wildman–Crippen LogP) is 6.52. The van der Waals surface area contributed by atoms with Crippen molar-refractivity contribution in [2.24, 2.45) is 0 Å². The molecule has 0 fully saturated rings. The largest absolute Gasteiger partial charge is 0.163 e. The third kappa shape index (κ3) is 10.3. The van der Waals surface area contributed by atoms with Crippen LogP contribution in [0.5, 0.6) is 0 Å². The summed E-state index contributed by atoms with van der Waals surface area (Å²) in [5.74, 6) is 3.95. The highest BCUT2D eigenvalue weighted by Crippen LogP contribution is 2.55. The van der Waals surface area contributed by atoms with Gasteiger partial charge in [-0.2, -0.15) is 9.24 Å². The zero-order valence-corrected chi connectivity index (χ0v) is 13.8. The van der Waals surface area contributed by atoms with Crippen LogP contribution in [-0.4, -0.2) is 17.3 Å². The van der Waals surface area contributed by atoms with Gasteiger partial charge < -0.3 is 0 Å². The molecule has 0 bridgehead atoms. The molecule has 0 heterocycles. The van der Waals surface area contributed by atoms with E-state index >= 15 is 0 Å². The Morgan fingerprint density at radius 1 is 0.588 bits per heavy atom. The Morgan fingerprint density at radius 2 is 0.882 bits per heavy atom. The first-order valence-corrected chi connectivity index (χ1v) is 10.6. The van der Waals surface area contributed by atoms with E-state index in [-0.39, 0.29) is 0 Å². The first-order valence-electron chi connectivity index (χ1n) is 7.64. The molecule has 0 aliphatic carbocycles. The van der Waals surface area contributed by atoms with Crippen LogP contribution in [0.25, 0.3) is 0 Å². The molecule has 0 radical (unpaired) electrons. The molecule has 0 atom stereocenters. The molecule has 0 rings (SSSR count). The Hall–Kier alpha value is 0.640. The van der Waals surface area contributed by atoms with E-state index in [0.717, 1.165) is 0 Å². The Labute approximate surface area is 116 Å². The molecule has 0 amide bonds. The fourth-order valence-corrected chi connectivity index (χ4v) is 5.90. The van der Waals surface area contributed by atoms with Gasteiger partial charge in [0.05, 0.1) is 0 Å². The molecule has 2 heteroatoms. The SMILES string of the molecule is CCCCCS(Cl)(CCCCC)CCCCC. The molecule has 17 heavy (non-hydrogen) atoms. The van der Waals surface area contributed by atoms with Crippen LogP contribution in [0.4, 0.5) is 0 Å². The number of hydrogen-bond acceptors (Lipinski definition) is 0. The van der Waals surface area contributed by atoms with Gasteiger partial charge in [-0.25, -0.2) is 0 Å². The summed E-state index contributed by atoms with van der Waals surface area (Å²) in [6, 6.07) is 0. The number of hydrogen-bond donors (Lipinski definition) is 0. The van der Waals surface area contributed by atoms with Crippen LogP contribution in [-0.2, 0) is 0 Å². The van der Waals surface area contributed by atoms with E-state index < -0.39 is 9.24 Å². The van der Waals surface area contributed by atoms with E-state index in [1.165, 1.54) is 75.0 Å². The summed E-state index contributed by atoms with van der Waals surface area (Å²) in [5, 5.41) is 0. The molecule has 0 aliphatic rings. The number of rotatable bonds is 12. The van der Waals surface area contributed by atoms with Crippen molar-refractivity contribution in [2.75, 3.05) is 17.3 Å². The maximum atomic E-state index is 6.93. The normalized spacial score (nSPS) is 12.9. The molecular formula is C15H33ClS. The first kappa shape index (κ1) is 17.6. The summed E-state index contributed by atoms with van der Waals surface area (Å²) in [5.41, 5.74) is 0. The van der Waals surface area contributed by atoms with Crippen LogP contribution in [0.15, 0.2) is 0 Å². The fraction of sp³-hybridized carbons (Fsp3) is 1.00. The minimum absolute atomic E-state index is 0.784. The fourth-order valence-electron chi connectivity index (χ4n) is 2.14. The van der Waals surface area contributed by atoms with E-state index in [9.17, 15) is 0 Å². The van der Waals surface area contributed by atoms with Crippen LogP contribution >= 0.6 is 19.9 Å². The standard InChI is InChI=1S/C15H33ClS/c1-4-7-10-13-17(16,14-11-8-5-2)15-12-9-6-3/h4-15H2,1-3H3. The van der Waals surface area contributed by atoms with Gasteiger partial charge in [0.1, 0.15) is 0 Å². The average molecular weight is 281 g/mol. The van der Waals surface area contributed by atoms with Gasteiger partial charge in [0.25, 0.3) is 0 Å². The van der Waals surface area contributed by atoms with Gasteiger partial charge in [-0.1, -0.05) is 70.0 Å². The van der Waals surface area contributed by atoms with Crippen molar-refractivity contribution in [3.63, 3.8) is 0 Å². The topological polar surface area (TPSA) is 0 Å². The van der Waals surface area contributed by atoms with Crippen LogP contribution in [0.2, 0.25) is 0 Å². The van der Waals surface area contributed by atoms with E-state index in [0.29, 0.717) is 0 Å². The number of halogens is 1. The van der Waals surface area contributed by atoms with Crippen molar-refractivity contribution in [2.45, 2.75) is 78.6 Å². The highest BCUT2D eigenvalue weighted by atomic mass is 35.7. The molecule has 0 spiro atoms. The van der Waals surface area contributed by atoms with Crippen molar-refractivity contribution < 1.29 is 0 Å². The maximum Gasteiger partial charge on any atom is -0.0101 e. The van der Waals surface area contributed by atoms with Gasteiger partial charge in [-0.15, -0.1) is 0 Å². The van der Waals surface area contributed by atoms with Crippen LogP contribution < -0.4 is 0 Å². The number of unbranched alkanes of at least 4 members (excludes halogenated alkanes) is 6. The molecule has 0 aromatic rings. The predicted molar refractivity (Wildman–Crippen MR) is 86.6 cm³/mol. The molecule has 0 N–H and O–H groups in total. The van der Waals surface area contributed by atoms with Gasteiger partial charge in [0, 0.05) is 0 Å². The lowest BCUT2D eigenvalue weighted by Gasteiger charge is -2.33. The van der Waals surface area contributed by atoms with Crippen molar-refractivity contribution >= 4 is 19.9 Å². The van der Waals surface area contributed by atoms with E-state index in [2.05, 4.69) is 20.8 Å². The quantitative estimate of drug-likeness (QED) is 0.357. The monoisotopic (exact) mass is 280 g/mol. The van der Waals surface area contributed by atoms with Gasteiger partial charge in [0.2, 0.25) is 0 Å². The van der Waals surface area contributed by atoms with Gasteiger partial charge in [-0.3, -0.25) is 0 Å². The summed E-state index contributed by atoms with van der Waals surface area (Å²) < 4.78 is 0. The molecule has 0 nitrogen and oxygen atoms in total. The van der Waals surface area contributed by atoms with Crippen molar-refractivity contribution in [1.29, 1.82) is 0 Å². The first-order chi connectivity index (χ1) is 8.18.